The van der Waals surface area contributed by atoms with Gasteiger partial charge in [0, 0.05) is 22.1 Å². The van der Waals surface area contributed by atoms with Crippen molar-refractivity contribution < 1.29 is 9.53 Å². The van der Waals surface area contributed by atoms with Crippen LogP contribution in [0.25, 0.3) is 10.9 Å². The highest BCUT2D eigenvalue weighted by molar-refractivity contribution is 9.10. The van der Waals surface area contributed by atoms with Crippen molar-refractivity contribution in [1.82, 2.24) is 10.3 Å². The minimum Gasteiger partial charge on any atom is -0.379 e. The number of nitrogens with one attached hydrogen (secondary N) is 2. The summed E-state index contributed by atoms with van der Waals surface area (Å²) in [5, 5.41) is 7.07. The Morgan fingerprint density at radius 3 is 3.10 bits per heavy atom. The third-order valence-electron chi connectivity index (χ3n) is 3.72. The Kier molecular flexibility index (Phi) is 4.19. The van der Waals surface area contributed by atoms with Gasteiger partial charge in [-0.2, -0.15) is 0 Å². The number of rotatable bonds is 3. The van der Waals surface area contributed by atoms with Gasteiger partial charge in [-0.1, -0.05) is 12.1 Å². The highest BCUT2D eigenvalue weighted by Gasteiger charge is 2.33. The highest BCUT2D eigenvalue weighted by atomic mass is 79.9. The van der Waals surface area contributed by atoms with Crippen molar-refractivity contribution in [2.24, 2.45) is 5.92 Å². The Morgan fingerprint density at radius 2 is 2.29 bits per heavy atom. The monoisotopic (exact) mass is 349 g/mol. The second kappa shape index (κ2) is 6.09. The molecule has 0 aliphatic carbocycles. The zero-order valence-corrected chi connectivity index (χ0v) is 13.2. The van der Waals surface area contributed by atoms with Crippen molar-refractivity contribution in [3.8, 4) is 0 Å². The van der Waals surface area contributed by atoms with E-state index in [0.29, 0.717) is 13.2 Å². The molecule has 1 aliphatic rings. The molecule has 0 radical (unpaired) electrons. The predicted molar refractivity (Wildman–Crippen MR) is 85.2 cm³/mol. The van der Waals surface area contributed by atoms with E-state index in [-0.39, 0.29) is 17.9 Å². The van der Waals surface area contributed by atoms with Crippen LogP contribution in [0.5, 0.6) is 0 Å². The third kappa shape index (κ3) is 2.92. The maximum absolute atomic E-state index is 12.4. The average molecular weight is 350 g/mol. The molecular formula is C15H16BrN3O2. The molecule has 0 bridgehead atoms. The number of halogens is 1. The molecule has 110 valence electrons. The van der Waals surface area contributed by atoms with Gasteiger partial charge in [0.05, 0.1) is 30.3 Å². The van der Waals surface area contributed by atoms with E-state index >= 15 is 0 Å². The summed E-state index contributed by atoms with van der Waals surface area (Å²) in [7, 11) is 1.84. The van der Waals surface area contributed by atoms with Gasteiger partial charge in [0.1, 0.15) is 0 Å². The summed E-state index contributed by atoms with van der Waals surface area (Å²) >= 11 is 3.40. The number of likely N-dealkylation sites (N-methyl/N-ethyl adjacent to an activating group) is 1. The number of carbonyl (C=O) groups is 1. The molecular weight excluding hydrogens is 334 g/mol. The molecule has 2 aromatic rings. The van der Waals surface area contributed by atoms with Gasteiger partial charge < -0.3 is 15.4 Å². The fourth-order valence-corrected chi connectivity index (χ4v) is 2.91. The van der Waals surface area contributed by atoms with Gasteiger partial charge in [0.25, 0.3) is 0 Å². The van der Waals surface area contributed by atoms with Crippen LogP contribution in [0.4, 0.5) is 5.69 Å². The van der Waals surface area contributed by atoms with Crippen LogP contribution < -0.4 is 10.6 Å². The van der Waals surface area contributed by atoms with Crippen LogP contribution in [0.15, 0.2) is 34.9 Å². The molecule has 21 heavy (non-hydrogen) atoms. The van der Waals surface area contributed by atoms with Crippen molar-refractivity contribution >= 4 is 38.4 Å². The lowest BCUT2D eigenvalue weighted by atomic mass is 10.0. The second-order valence-corrected chi connectivity index (χ2v) is 5.97. The Labute approximate surface area is 131 Å². The minimum absolute atomic E-state index is 0.0379. The number of pyridine rings is 1. The number of nitrogens with zero attached hydrogens (tertiary/aromatic N) is 1. The van der Waals surface area contributed by atoms with E-state index in [4.69, 9.17) is 4.74 Å². The largest absolute Gasteiger partial charge is 0.379 e. The third-order valence-corrected chi connectivity index (χ3v) is 4.16. The molecule has 1 amide bonds. The maximum atomic E-state index is 12.4. The smallest absolute Gasteiger partial charge is 0.231 e. The fourth-order valence-electron chi connectivity index (χ4n) is 2.56. The molecule has 0 saturated carbocycles. The minimum atomic E-state index is -0.180. The fraction of sp³-hybridized carbons (Fsp3) is 0.333. The van der Waals surface area contributed by atoms with Crippen LogP contribution >= 0.6 is 15.9 Å². The lowest BCUT2D eigenvalue weighted by Gasteiger charge is -2.17. The number of ether oxygens (including phenoxy) is 1. The quantitative estimate of drug-likeness (QED) is 0.891. The van der Waals surface area contributed by atoms with E-state index in [1.807, 2.05) is 31.3 Å². The first-order chi connectivity index (χ1) is 10.2. The summed E-state index contributed by atoms with van der Waals surface area (Å²) in [6.45, 7) is 1.01. The number of hydrogen-bond acceptors (Lipinski definition) is 4. The highest BCUT2D eigenvalue weighted by Crippen LogP contribution is 2.25. The number of benzene rings is 1. The van der Waals surface area contributed by atoms with Crippen molar-refractivity contribution in [2.75, 3.05) is 25.6 Å². The van der Waals surface area contributed by atoms with Gasteiger partial charge in [-0.15, -0.1) is 0 Å². The molecule has 5 nitrogen and oxygen atoms in total. The molecule has 1 aromatic carbocycles. The molecule has 3 rings (SSSR count). The van der Waals surface area contributed by atoms with Gasteiger partial charge in [0.15, 0.2) is 0 Å². The molecule has 2 N–H and O–H groups in total. The van der Waals surface area contributed by atoms with Gasteiger partial charge in [0.2, 0.25) is 5.91 Å². The molecule has 2 heterocycles. The molecule has 1 aromatic heterocycles. The SMILES string of the molecule is CNC1COCC1C(=O)Nc1cccc2cc(Br)cnc12. The molecule has 0 spiro atoms. The van der Waals surface area contributed by atoms with Crippen LogP contribution in [0.2, 0.25) is 0 Å². The average Bonchev–Trinajstić information content (AvgIpc) is 2.95. The number of aromatic nitrogens is 1. The summed E-state index contributed by atoms with van der Waals surface area (Å²) in [5.41, 5.74) is 1.51. The number of para-hydroxylation sites is 1. The van der Waals surface area contributed by atoms with E-state index in [1.54, 1.807) is 6.20 Å². The van der Waals surface area contributed by atoms with Gasteiger partial charge in [-0.3, -0.25) is 9.78 Å². The molecule has 1 fully saturated rings. The van der Waals surface area contributed by atoms with E-state index < -0.39 is 0 Å². The number of anilines is 1. The summed E-state index contributed by atoms with van der Waals surface area (Å²) < 4.78 is 6.29. The molecule has 6 heteroatoms. The summed E-state index contributed by atoms with van der Waals surface area (Å²) in [5.74, 6) is -0.218. The van der Waals surface area contributed by atoms with E-state index in [1.165, 1.54) is 0 Å². The van der Waals surface area contributed by atoms with Crippen molar-refractivity contribution in [2.45, 2.75) is 6.04 Å². The van der Waals surface area contributed by atoms with Crippen LogP contribution in [0, 0.1) is 5.92 Å². The predicted octanol–water partition coefficient (Wildman–Crippen LogP) is 2.17. The standard InChI is InChI=1S/C15H16BrN3O2/c1-17-13-8-21-7-11(13)15(20)19-12-4-2-3-9-5-10(16)6-18-14(9)12/h2-6,11,13,17H,7-8H2,1H3,(H,19,20). The second-order valence-electron chi connectivity index (χ2n) is 5.06. The lowest BCUT2D eigenvalue weighted by Crippen LogP contribution is -2.39. The lowest BCUT2D eigenvalue weighted by molar-refractivity contribution is -0.120. The van der Waals surface area contributed by atoms with Gasteiger partial charge in [-0.05, 0) is 35.1 Å². The van der Waals surface area contributed by atoms with E-state index in [2.05, 4.69) is 31.5 Å². The number of carbonyl (C=O) groups excluding carboxylic acids is 1. The van der Waals surface area contributed by atoms with Gasteiger partial charge in [-0.25, -0.2) is 0 Å². The zero-order valence-electron chi connectivity index (χ0n) is 11.6. The van der Waals surface area contributed by atoms with E-state index in [0.717, 1.165) is 21.1 Å². The molecule has 2 atom stereocenters. The maximum Gasteiger partial charge on any atom is 0.231 e. The topological polar surface area (TPSA) is 63.2 Å². The first-order valence-electron chi connectivity index (χ1n) is 6.79. The van der Waals surface area contributed by atoms with Gasteiger partial charge >= 0.3 is 0 Å². The summed E-state index contributed by atoms with van der Waals surface area (Å²) in [6, 6.07) is 7.78. The van der Waals surface area contributed by atoms with Crippen molar-refractivity contribution in [3.05, 3.63) is 34.9 Å². The summed E-state index contributed by atoms with van der Waals surface area (Å²) in [4.78, 5) is 16.8. The van der Waals surface area contributed by atoms with Crippen molar-refractivity contribution in [1.29, 1.82) is 0 Å². The van der Waals surface area contributed by atoms with Crippen molar-refractivity contribution in [3.63, 3.8) is 0 Å². The first kappa shape index (κ1) is 14.4. The summed E-state index contributed by atoms with van der Waals surface area (Å²) in [6.07, 6.45) is 1.73. The molecule has 1 saturated heterocycles. The first-order valence-corrected chi connectivity index (χ1v) is 7.58. The Hall–Kier alpha value is -1.50. The van der Waals surface area contributed by atoms with Crippen LogP contribution in [0.1, 0.15) is 0 Å². The Balaban J connectivity index is 1.86. The number of fused-ring (bicyclic) bond motifs is 1. The number of amides is 1. The van der Waals surface area contributed by atoms with E-state index in [9.17, 15) is 4.79 Å². The normalized spacial score (nSPS) is 21.6. The number of hydrogen-bond donors (Lipinski definition) is 2. The Bertz CT molecular complexity index is 677. The van der Waals surface area contributed by atoms with Crippen LogP contribution in [-0.4, -0.2) is 37.2 Å². The van der Waals surface area contributed by atoms with Crippen LogP contribution in [-0.2, 0) is 9.53 Å². The Morgan fingerprint density at radius 1 is 1.43 bits per heavy atom. The zero-order chi connectivity index (χ0) is 14.8. The molecule has 2 unspecified atom stereocenters. The molecule has 1 aliphatic heterocycles. The van der Waals surface area contributed by atoms with Crippen LogP contribution in [0.3, 0.4) is 0 Å².